The molecule has 0 bridgehead atoms. The van der Waals surface area contributed by atoms with Gasteiger partial charge in [-0.05, 0) is 54.8 Å². The van der Waals surface area contributed by atoms with E-state index in [1.54, 1.807) is 0 Å². The molecule has 29 heavy (non-hydrogen) atoms. The molecule has 1 heterocycles. The monoisotopic (exact) mass is 387 g/mol. The molecule has 1 saturated heterocycles. The lowest BCUT2D eigenvalue weighted by Gasteiger charge is -2.46. The molecule has 3 nitrogen and oxygen atoms in total. The predicted molar refractivity (Wildman–Crippen MR) is 116 cm³/mol. The Balaban J connectivity index is 1.36. The number of carboxylic acid groups (broad SMARTS) is 1. The zero-order valence-corrected chi connectivity index (χ0v) is 17.1. The Morgan fingerprint density at radius 1 is 1.07 bits per heavy atom. The van der Waals surface area contributed by atoms with E-state index in [9.17, 15) is 9.90 Å². The molecule has 0 radical (unpaired) electrons. The van der Waals surface area contributed by atoms with E-state index in [0.29, 0.717) is 12.0 Å². The van der Waals surface area contributed by atoms with Crippen molar-refractivity contribution < 1.29 is 9.90 Å². The zero-order valence-electron chi connectivity index (χ0n) is 17.1. The van der Waals surface area contributed by atoms with Crippen LogP contribution in [0.15, 0.2) is 60.7 Å². The molecule has 0 aromatic heterocycles. The van der Waals surface area contributed by atoms with Gasteiger partial charge >= 0.3 is 5.97 Å². The van der Waals surface area contributed by atoms with Crippen molar-refractivity contribution in [1.29, 1.82) is 0 Å². The number of aliphatic carboxylic acids is 1. The second kappa shape index (κ2) is 6.84. The first-order chi connectivity index (χ1) is 14.1. The first-order valence-electron chi connectivity index (χ1n) is 10.9. The van der Waals surface area contributed by atoms with E-state index in [1.165, 1.54) is 11.1 Å². The van der Waals surface area contributed by atoms with Crippen molar-refractivity contribution in [2.45, 2.75) is 49.5 Å². The van der Waals surface area contributed by atoms with Crippen molar-refractivity contribution in [3.05, 3.63) is 77.4 Å². The van der Waals surface area contributed by atoms with Crippen LogP contribution in [0, 0.1) is 5.92 Å². The van der Waals surface area contributed by atoms with Gasteiger partial charge in [0.05, 0.1) is 5.41 Å². The van der Waals surface area contributed by atoms with Gasteiger partial charge in [-0.15, -0.1) is 0 Å². The highest BCUT2D eigenvalue weighted by Crippen LogP contribution is 2.49. The molecule has 1 spiro atoms. The largest absolute Gasteiger partial charge is 0.481 e. The average Bonchev–Trinajstić information content (AvgIpc) is 3.36. The molecule has 1 aliphatic heterocycles. The first-order valence-corrected chi connectivity index (χ1v) is 10.9. The molecular weight excluding hydrogens is 358 g/mol. The van der Waals surface area contributed by atoms with Crippen LogP contribution in [-0.4, -0.2) is 35.1 Å². The van der Waals surface area contributed by atoms with E-state index in [1.807, 2.05) is 30.3 Å². The molecule has 0 amide bonds. The van der Waals surface area contributed by atoms with Gasteiger partial charge in [-0.3, -0.25) is 9.69 Å². The molecule has 2 unspecified atom stereocenters. The summed E-state index contributed by atoms with van der Waals surface area (Å²) in [5, 5.41) is 10.1. The van der Waals surface area contributed by atoms with Crippen molar-refractivity contribution in [3.63, 3.8) is 0 Å². The zero-order chi connectivity index (χ0) is 20.1. The van der Waals surface area contributed by atoms with Gasteiger partial charge in [-0.1, -0.05) is 73.7 Å². The van der Waals surface area contributed by atoms with Crippen molar-refractivity contribution in [2.75, 3.05) is 13.1 Å². The third-order valence-electron chi connectivity index (χ3n) is 7.96. The molecule has 150 valence electrons. The average molecular weight is 388 g/mol. The number of rotatable bonds is 3. The summed E-state index contributed by atoms with van der Waals surface area (Å²) >= 11 is 0. The van der Waals surface area contributed by atoms with Crippen LogP contribution in [0.5, 0.6) is 0 Å². The lowest BCUT2D eigenvalue weighted by Crippen LogP contribution is -2.51. The van der Waals surface area contributed by atoms with Gasteiger partial charge in [-0.25, -0.2) is 0 Å². The van der Waals surface area contributed by atoms with E-state index in [-0.39, 0.29) is 5.41 Å². The fraction of sp³-hybridized carbons (Fsp3) is 0.423. The number of nitrogens with zero attached hydrogens (tertiary/aromatic N) is 1. The Bertz CT molecular complexity index is 952. The van der Waals surface area contributed by atoms with E-state index in [4.69, 9.17) is 0 Å². The highest BCUT2D eigenvalue weighted by atomic mass is 16.4. The van der Waals surface area contributed by atoms with E-state index in [0.717, 1.165) is 44.3 Å². The second-order valence-corrected chi connectivity index (χ2v) is 9.26. The van der Waals surface area contributed by atoms with Crippen LogP contribution in [0.4, 0.5) is 0 Å². The van der Waals surface area contributed by atoms with Crippen LogP contribution in [0.3, 0.4) is 0 Å². The Morgan fingerprint density at radius 3 is 2.59 bits per heavy atom. The molecule has 1 N–H and O–H groups in total. The van der Waals surface area contributed by atoms with Crippen LogP contribution < -0.4 is 0 Å². The number of carboxylic acids is 1. The molecule has 1 saturated carbocycles. The quantitative estimate of drug-likeness (QED) is 0.817. The number of allylic oxidation sites excluding steroid dienone is 1. The maximum Gasteiger partial charge on any atom is 0.314 e. The molecule has 2 fully saturated rings. The molecular formula is C26H29NO2. The number of piperidine rings is 1. The summed E-state index contributed by atoms with van der Waals surface area (Å²) in [7, 11) is 0. The summed E-state index contributed by atoms with van der Waals surface area (Å²) in [6, 6.07) is 19.0. The third-order valence-corrected chi connectivity index (χ3v) is 7.96. The number of likely N-dealkylation sites (tertiary alicyclic amines) is 1. The highest BCUT2D eigenvalue weighted by molar-refractivity contribution is 5.82. The lowest BCUT2D eigenvalue weighted by atomic mass is 9.67. The van der Waals surface area contributed by atoms with Crippen molar-refractivity contribution >= 4 is 12.0 Å². The predicted octanol–water partition coefficient (Wildman–Crippen LogP) is 4.87. The van der Waals surface area contributed by atoms with E-state index in [2.05, 4.69) is 48.2 Å². The van der Waals surface area contributed by atoms with Crippen molar-refractivity contribution in [1.82, 2.24) is 4.90 Å². The Morgan fingerprint density at radius 2 is 1.83 bits per heavy atom. The maximum atomic E-state index is 12.3. The van der Waals surface area contributed by atoms with Gasteiger partial charge in [0.25, 0.3) is 0 Å². The fourth-order valence-electron chi connectivity index (χ4n) is 6.22. The lowest BCUT2D eigenvalue weighted by molar-refractivity contribution is -0.143. The maximum absolute atomic E-state index is 12.3. The summed E-state index contributed by atoms with van der Waals surface area (Å²) in [5.74, 6) is -0.145. The van der Waals surface area contributed by atoms with Crippen LogP contribution in [0.2, 0.25) is 0 Å². The minimum Gasteiger partial charge on any atom is -0.481 e. The summed E-state index contributed by atoms with van der Waals surface area (Å²) < 4.78 is 0. The third kappa shape index (κ3) is 2.78. The topological polar surface area (TPSA) is 40.5 Å². The minimum atomic E-state index is -0.732. The molecule has 3 heteroatoms. The van der Waals surface area contributed by atoms with Gasteiger partial charge in [0, 0.05) is 18.0 Å². The van der Waals surface area contributed by atoms with Crippen LogP contribution in [-0.2, 0) is 15.6 Å². The number of fused-ring (bicyclic) bond motifs is 2. The summed E-state index contributed by atoms with van der Waals surface area (Å²) in [6.45, 7) is 4.45. The molecule has 2 aromatic rings. The van der Waals surface area contributed by atoms with Crippen LogP contribution in [0.25, 0.3) is 6.08 Å². The Kier molecular flexibility index (Phi) is 4.40. The number of hydrogen-bond donors (Lipinski definition) is 1. The standard InChI is InChI=1S/C26H29NO2/c1-19-18-27(16-15-25(19)13-11-20-7-5-6-10-23(20)25)22-12-14-26(17-22,24(28)29)21-8-3-2-4-9-21/h2-11,13,19,22H,12,14-18H2,1H3,(H,28,29)/t19-,22?,25-,26?/m0/s1. The molecule has 2 aliphatic carbocycles. The fourth-order valence-corrected chi connectivity index (χ4v) is 6.22. The SMILES string of the molecule is C[C@H]1CN(C2CCC(C(=O)O)(c3ccccc3)C2)CC[C@@]12C=Cc1ccccc12. The van der Waals surface area contributed by atoms with Gasteiger partial charge < -0.3 is 5.11 Å². The smallest absolute Gasteiger partial charge is 0.314 e. The number of hydrogen-bond acceptors (Lipinski definition) is 2. The van der Waals surface area contributed by atoms with Crippen molar-refractivity contribution in [2.24, 2.45) is 5.92 Å². The van der Waals surface area contributed by atoms with Gasteiger partial charge in [0.2, 0.25) is 0 Å². The summed E-state index contributed by atoms with van der Waals surface area (Å²) in [4.78, 5) is 14.9. The van der Waals surface area contributed by atoms with E-state index < -0.39 is 11.4 Å². The Labute approximate surface area is 173 Å². The van der Waals surface area contributed by atoms with Crippen molar-refractivity contribution in [3.8, 4) is 0 Å². The normalized spacial score (nSPS) is 33.8. The summed E-state index contributed by atoms with van der Waals surface area (Å²) in [6.07, 6.45) is 8.26. The van der Waals surface area contributed by atoms with E-state index >= 15 is 0 Å². The number of benzene rings is 2. The molecule has 5 rings (SSSR count). The summed E-state index contributed by atoms with van der Waals surface area (Å²) in [5.41, 5.74) is 3.22. The molecule has 3 aliphatic rings. The van der Waals surface area contributed by atoms with Gasteiger partial charge in [0.15, 0.2) is 0 Å². The minimum absolute atomic E-state index is 0.148. The second-order valence-electron chi connectivity index (χ2n) is 9.26. The van der Waals surface area contributed by atoms with Crippen LogP contribution in [0.1, 0.15) is 49.3 Å². The number of carbonyl (C=O) groups is 1. The first kappa shape index (κ1) is 18.6. The molecule has 4 atom stereocenters. The Hall–Kier alpha value is -2.39. The van der Waals surface area contributed by atoms with Crippen LogP contribution >= 0.6 is 0 Å². The van der Waals surface area contributed by atoms with Gasteiger partial charge in [-0.2, -0.15) is 0 Å². The molecule has 2 aromatic carbocycles. The van der Waals surface area contributed by atoms with Gasteiger partial charge in [0.1, 0.15) is 0 Å². The highest BCUT2D eigenvalue weighted by Gasteiger charge is 2.50.